The molecule has 0 aromatic carbocycles. The number of aromatic nitrogens is 3. The predicted molar refractivity (Wildman–Crippen MR) is 68.2 cm³/mol. The number of nitrogens with one attached hydrogen (secondary N) is 2. The van der Waals surface area contributed by atoms with Gasteiger partial charge in [-0.15, -0.1) is 0 Å². The van der Waals surface area contributed by atoms with Gasteiger partial charge in [-0.1, -0.05) is 0 Å². The van der Waals surface area contributed by atoms with Crippen molar-refractivity contribution in [2.45, 2.75) is 25.4 Å². The molecule has 20 heavy (non-hydrogen) atoms. The molecule has 2 heterocycles. The quantitative estimate of drug-likeness (QED) is 0.565. The monoisotopic (exact) mass is 291 g/mol. The molecule has 0 atom stereocenters. The first-order valence-electron chi connectivity index (χ1n) is 6.26. The van der Waals surface area contributed by atoms with Gasteiger partial charge in [0.15, 0.2) is 0 Å². The predicted octanol–water partition coefficient (Wildman–Crippen LogP) is 1.12. The van der Waals surface area contributed by atoms with Gasteiger partial charge in [-0.05, 0) is 19.3 Å². The fourth-order valence-electron chi connectivity index (χ4n) is 1.92. The zero-order valence-corrected chi connectivity index (χ0v) is 10.7. The molecule has 0 radical (unpaired) electrons. The molecule has 0 aliphatic carbocycles. The number of hydrazine groups is 1. The van der Waals surface area contributed by atoms with E-state index >= 15 is 0 Å². The third-order valence-electron chi connectivity index (χ3n) is 2.84. The van der Waals surface area contributed by atoms with Crippen LogP contribution in [0.15, 0.2) is 0 Å². The standard InChI is InChI=1S/C10H16F3N7/c11-10(12,13)6-15-7-16-8(19-14)18-9(17-7)20-4-2-1-3-5-20/h1-6,14H2,(H2,15,16,17,18,19). The molecular formula is C10H16F3N7. The van der Waals surface area contributed by atoms with E-state index in [-0.39, 0.29) is 11.9 Å². The van der Waals surface area contributed by atoms with Crippen LogP contribution in [0.25, 0.3) is 0 Å². The minimum absolute atomic E-state index is 0.0326. The van der Waals surface area contributed by atoms with Crippen LogP contribution in [-0.4, -0.2) is 40.8 Å². The van der Waals surface area contributed by atoms with Crippen molar-refractivity contribution in [3.05, 3.63) is 0 Å². The van der Waals surface area contributed by atoms with Gasteiger partial charge in [-0.2, -0.15) is 28.1 Å². The molecule has 1 aliphatic heterocycles. The third-order valence-corrected chi connectivity index (χ3v) is 2.84. The molecule has 1 aliphatic rings. The Morgan fingerprint density at radius 2 is 1.70 bits per heavy atom. The van der Waals surface area contributed by atoms with Crippen LogP contribution in [0.2, 0.25) is 0 Å². The first-order chi connectivity index (χ1) is 9.48. The number of rotatable bonds is 4. The highest BCUT2D eigenvalue weighted by Crippen LogP contribution is 2.19. The maximum absolute atomic E-state index is 12.2. The topological polar surface area (TPSA) is 92.0 Å². The van der Waals surface area contributed by atoms with Crippen molar-refractivity contribution < 1.29 is 13.2 Å². The van der Waals surface area contributed by atoms with E-state index in [1.54, 1.807) is 0 Å². The lowest BCUT2D eigenvalue weighted by Gasteiger charge is -2.26. The van der Waals surface area contributed by atoms with Crippen LogP contribution in [-0.2, 0) is 0 Å². The maximum atomic E-state index is 12.2. The Morgan fingerprint density at radius 1 is 1.05 bits per heavy atom. The Balaban J connectivity index is 2.15. The second-order valence-electron chi connectivity index (χ2n) is 4.44. The van der Waals surface area contributed by atoms with Gasteiger partial charge >= 0.3 is 6.18 Å². The highest BCUT2D eigenvalue weighted by Gasteiger charge is 2.27. The average Bonchev–Trinajstić information content (AvgIpc) is 2.45. The summed E-state index contributed by atoms with van der Waals surface area (Å²) in [7, 11) is 0. The molecule has 0 saturated carbocycles. The van der Waals surface area contributed by atoms with Crippen molar-refractivity contribution in [1.82, 2.24) is 15.0 Å². The molecule has 10 heteroatoms. The zero-order valence-electron chi connectivity index (χ0n) is 10.7. The van der Waals surface area contributed by atoms with E-state index in [9.17, 15) is 13.2 Å². The van der Waals surface area contributed by atoms with Crippen molar-refractivity contribution in [3.8, 4) is 0 Å². The summed E-state index contributed by atoms with van der Waals surface area (Å²) < 4.78 is 36.6. The molecule has 0 amide bonds. The summed E-state index contributed by atoms with van der Waals surface area (Å²) in [6, 6.07) is 0. The van der Waals surface area contributed by atoms with E-state index in [0.29, 0.717) is 5.95 Å². The van der Waals surface area contributed by atoms with Crippen LogP contribution in [0.3, 0.4) is 0 Å². The van der Waals surface area contributed by atoms with Gasteiger partial charge in [-0.25, -0.2) is 5.84 Å². The molecule has 7 nitrogen and oxygen atoms in total. The van der Waals surface area contributed by atoms with E-state index in [4.69, 9.17) is 5.84 Å². The van der Waals surface area contributed by atoms with Gasteiger partial charge in [0.05, 0.1) is 0 Å². The number of halogens is 3. The minimum atomic E-state index is -4.34. The van der Waals surface area contributed by atoms with Crippen LogP contribution >= 0.6 is 0 Å². The Morgan fingerprint density at radius 3 is 2.30 bits per heavy atom. The van der Waals surface area contributed by atoms with Gasteiger partial charge in [0.1, 0.15) is 6.54 Å². The number of anilines is 3. The van der Waals surface area contributed by atoms with Crippen LogP contribution < -0.4 is 21.5 Å². The first-order valence-corrected chi connectivity index (χ1v) is 6.26. The number of alkyl halides is 3. The third kappa shape index (κ3) is 4.08. The molecular weight excluding hydrogens is 275 g/mol. The van der Waals surface area contributed by atoms with Gasteiger partial charge in [-0.3, -0.25) is 5.43 Å². The van der Waals surface area contributed by atoms with Crippen LogP contribution in [0.4, 0.5) is 31.0 Å². The van der Waals surface area contributed by atoms with E-state index in [0.717, 1.165) is 32.4 Å². The highest BCUT2D eigenvalue weighted by atomic mass is 19.4. The number of nitrogens with zero attached hydrogens (tertiary/aromatic N) is 4. The number of hydrogen-bond acceptors (Lipinski definition) is 7. The molecule has 4 N–H and O–H groups in total. The van der Waals surface area contributed by atoms with E-state index in [1.165, 1.54) is 0 Å². The zero-order chi connectivity index (χ0) is 14.6. The Bertz CT molecular complexity index is 445. The van der Waals surface area contributed by atoms with Crippen molar-refractivity contribution in [3.63, 3.8) is 0 Å². The van der Waals surface area contributed by atoms with E-state index in [1.807, 2.05) is 4.90 Å². The van der Waals surface area contributed by atoms with Gasteiger partial charge in [0, 0.05) is 13.1 Å². The molecule has 1 aromatic heterocycles. The lowest BCUT2D eigenvalue weighted by Crippen LogP contribution is -2.32. The molecule has 0 unspecified atom stereocenters. The SMILES string of the molecule is NNc1nc(NCC(F)(F)F)nc(N2CCCCC2)n1. The molecule has 2 rings (SSSR count). The van der Waals surface area contributed by atoms with Crippen molar-refractivity contribution in [2.75, 3.05) is 35.3 Å². The van der Waals surface area contributed by atoms with Crippen molar-refractivity contribution >= 4 is 17.8 Å². The lowest BCUT2D eigenvalue weighted by atomic mass is 10.1. The minimum Gasteiger partial charge on any atom is -0.345 e. The summed E-state index contributed by atoms with van der Waals surface area (Å²) in [6.45, 7) is 0.333. The van der Waals surface area contributed by atoms with Crippen LogP contribution in [0, 0.1) is 0 Å². The molecule has 0 spiro atoms. The van der Waals surface area contributed by atoms with Gasteiger partial charge in [0.25, 0.3) is 0 Å². The summed E-state index contributed by atoms with van der Waals surface area (Å²) in [6.07, 6.45) is -1.21. The second-order valence-corrected chi connectivity index (χ2v) is 4.44. The molecule has 1 saturated heterocycles. The Kier molecular flexibility index (Phi) is 4.42. The van der Waals surface area contributed by atoms with Gasteiger partial charge in [0.2, 0.25) is 17.8 Å². The maximum Gasteiger partial charge on any atom is 0.405 e. The number of hydrogen-bond donors (Lipinski definition) is 3. The summed E-state index contributed by atoms with van der Waals surface area (Å²) in [5.74, 6) is 5.44. The normalized spacial score (nSPS) is 16.1. The summed E-state index contributed by atoms with van der Waals surface area (Å²) in [4.78, 5) is 13.7. The smallest absolute Gasteiger partial charge is 0.345 e. The fraction of sp³-hybridized carbons (Fsp3) is 0.700. The fourth-order valence-corrected chi connectivity index (χ4v) is 1.92. The molecule has 0 bridgehead atoms. The van der Waals surface area contributed by atoms with Gasteiger partial charge < -0.3 is 10.2 Å². The lowest BCUT2D eigenvalue weighted by molar-refractivity contribution is -0.115. The first kappa shape index (κ1) is 14.6. The number of nitrogens with two attached hydrogens (primary N) is 1. The van der Waals surface area contributed by atoms with Crippen molar-refractivity contribution in [2.24, 2.45) is 5.84 Å². The molecule has 1 fully saturated rings. The number of piperidine rings is 1. The van der Waals surface area contributed by atoms with Crippen molar-refractivity contribution in [1.29, 1.82) is 0 Å². The van der Waals surface area contributed by atoms with E-state index < -0.39 is 12.7 Å². The van der Waals surface area contributed by atoms with Crippen LogP contribution in [0.1, 0.15) is 19.3 Å². The van der Waals surface area contributed by atoms with E-state index in [2.05, 4.69) is 25.7 Å². The molecule has 112 valence electrons. The largest absolute Gasteiger partial charge is 0.405 e. The summed E-state index contributed by atoms with van der Waals surface area (Å²) in [5, 5.41) is 2.13. The summed E-state index contributed by atoms with van der Waals surface area (Å²) >= 11 is 0. The van der Waals surface area contributed by atoms with Crippen LogP contribution in [0.5, 0.6) is 0 Å². The summed E-state index contributed by atoms with van der Waals surface area (Å²) in [5.41, 5.74) is 2.23. The average molecular weight is 291 g/mol. The Labute approximate surface area is 113 Å². The Hall–Kier alpha value is -1.84. The number of nitrogen functional groups attached to an aromatic ring is 1. The highest BCUT2D eigenvalue weighted by molar-refractivity contribution is 5.43. The molecule has 1 aromatic rings. The second kappa shape index (κ2) is 6.07.